The number of carbonyl (C=O) groups is 2. The average molecular weight is 395 g/mol. The van der Waals surface area contributed by atoms with Gasteiger partial charge in [0.05, 0.1) is 25.8 Å². The summed E-state index contributed by atoms with van der Waals surface area (Å²) in [6.45, 7) is 5.64. The van der Waals surface area contributed by atoms with Crippen molar-refractivity contribution < 1.29 is 19.1 Å². The Labute approximate surface area is 170 Å². The highest BCUT2D eigenvalue weighted by molar-refractivity contribution is 6.07. The molecule has 2 aromatic carbocycles. The summed E-state index contributed by atoms with van der Waals surface area (Å²) in [6.07, 6.45) is 0. The standard InChI is InChI=1S/C22H25N3O4/c1-12-6-8-17(13(2)10-12)24-21(26)19-14(3)23-22(27)25-20(19)16-11-15(28-4)7-9-18(16)29-5/h6-11,20H,1-5H3,(H,24,26)(H2,23,25,27). The second-order valence-electron chi connectivity index (χ2n) is 6.95. The first kappa shape index (κ1) is 20.3. The van der Waals surface area contributed by atoms with Crippen LogP contribution in [0.4, 0.5) is 10.5 Å². The van der Waals surface area contributed by atoms with Gasteiger partial charge in [0.15, 0.2) is 0 Å². The summed E-state index contributed by atoms with van der Waals surface area (Å²) in [5, 5.41) is 8.47. The van der Waals surface area contributed by atoms with Crippen LogP contribution in [-0.4, -0.2) is 26.2 Å². The van der Waals surface area contributed by atoms with Gasteiger partial charge in [-0.05, 0) is 50.6 Å². The highest BCUT2D eigenvalue weighted by Gasteiger charge is 2.33. The second kappa shape index (κ2) is 8.26. The van der Waals surface area contributed by atoms with Crippen LogP contribution < -0.4 is 25.4 Å². The number of carbonyl (C=O) groups excluding carboxylic acids is 2. The number of amides is 3. The van der Waals surface area contributed by atoms with Gasteiger partial charge in [-0.15, -0.1) is 0 Å². The Kier molecular flexibility index (Phi) is 5.77. The lowest BCUT2D eigenvalue weighted by Crippen LogP contribution is -2.46. The number of hydrogen-bond acceptors (Lipinski definition) is 4. The van der Waals surface area contributed by atoms with Crippen molar-refractivity contribution in [1.82, 2.24) is 10.6 Å². The lowest BCUT2D eigenvalue weighted by Gasteiger charge is -2.30. The average Bonchev–Trinajstić information content (AvgIpc) is 2.68. The van der Waals surface area contributed by atoms with E-state index in [0.717, 1.165) is 11.1 Å². The third-order valence-corrected chi connectivity index (χ3v) is 4.89. The summed E-state index contributed by atoms with van der Waals surface area (Å²) in [5.41, 5.74) is 4.30. The van der Waals surface area contributed by atoms with E-state index in [9.17, 15) is 9.59 Å². The van der Waals surface area contributed by atoms with Gasteiger partial charge in [-0.25, -0.2) is 4.79 Å². The van der Waals surface area contributed by atoms with E-state index >= 15 is 0 Å². The Bertz CT molecular complexity index is 998. The molecule has 7 heteroatoms. The number of aryl methyl sites for hydroxylation is 2. The van der Waals surface area contributed by atoms with Gasteiger partial charge in [-0.3, -0.25) is 4.79 Å². The topological polar surface area (TPSA) is 88.7 Å². The molecule has 2 aromatic rings. The van der Waals surface area contributed by atoms with Gasteiger partial charge in [-0.2, -0.15) is 0 Å². The third-order valence-electron chi connectivity index (χ3n) is 4.89. The van der Waals surface area contributed by atoms with Crippen LogP contribution in [0.3, 0.4) is 0 Å². The van der Waals surface area contributed by atoms with E-state index in [1.807, 2.05) is 32.0 Å². The molecule has 1 unspecified atom stereocenters. The molecule has 7 nitrogen and oxygen atoms in total. The van der Waals surface area contributed by atoms with Crippen molar-refractivity contribution in [3.05, 3.63) is 64.4 Å². The predicted molar refractivity (Wildman–Crippen MR) is 111 cm³/mol. The van der Waals surface area contributed by atoms with Gasteiger partial charge in [0, 0.05) is 16.9 Å². The molecule has 3 rings (SSSR count). The molecule has 0 saturated heterocycles. The Balaban J connectivity index is 2.03. The zero-order chi connectivity index (χ0) is 21.1. The summed E-state index contributed by atoms with van der Waals surface area (Å²) >= 11 is 0. The van der Waals surface area contributed by atoms with Crippen molar-refractivity contribution in [2.24, 2.45) is 0 Å². The number of rotatable bonds is 5. The maximum Gasteiger partial charge on any atom is 0.319 e. The van der Waals surface area contributed by atoms with Gasteiger partial charge >= 0.3 is 6.03 Å². The van der Waals surface area contributed by atoms with Gasteiger partial charge in [0.2, 0.25) is 0 Å². The molecule has 1 aliphatic rings. The number of ether oxygens (including phenoxy) is 2. The zero-order valence-corrected chi connectivity index (χ0v) is 17.2. The zero-order valence-electron chi connectivity index (χ0n) is 17.2. The van der Waals surface area contributed by atoms with Crippen LogP contribution >= 0.6 is 0 Å². The predicted octanol–water partition coefficient (Wildman–Crippen LogP) is 3.59. The summed E-state index contributed by atoms with van der Waals surface area (Å²) in [5.74, 6) is 0.833. The molecule has 1 aliphatic heterocycles. The lowest BCUT2D eigenvalue weighted by molar-refractivity contribution is -0.113. The van der Waals surface area contributed by atoms with Crippen molar-refractivity contribution in [2.75, 3.05) is 19.5 Å². The molecule has 1 atom stereocenters. The highest BCUT2D eigenvalue weighted by atomic mass is 16.5. The Morgan fingerprint density at radius 3 is 2.45 bits per heavy atom. The molecule has 0 bridgehead atoms. The molecule has 0 radical (unpaired) electrons. The molecular formula is C22H25N3O4. The number of benzene rings is 2. The van der Waals surface area contributed by atoms with E-state index in [4.69, 9.17) is 9.47 Å². The Hall–Kier alpha value is -3.48. The van der Waals surface area contributed by atoms with Crippen LogP contribution in [0.5, 0.6) is 11.5 Å². The minimum absolute atomic E-state index is 0.308. The number of urea groups is 1. The van der Waals surface area contributed by atoms with Crippen molar-refractivity contribution in [3.63, 3.8) is 0 Å². The molecule has 0 aromatic heterocycles. The molecule has 0 spiro atoms. The number of methoxy groups -OCH3 is 2. The van der Waals surface area contributed by atoms with E-state index in [1.54, 1.807) is 39.3 Å². The first-order valence-corrected chi connectivity index (χ1v) is 9.23. The van der Waals surface area contributed by atoms with E-state index in [0.29, 0.717) is 34.0 Å². The monoisotopic (exact) mass is 395 g/mol. The summed E-state index contributed by atoms with van der Waals surface area (Å²) in [4.78, 5) is 25.4. The molecular weight excluding hydrogens is 370 g/mol. The van der Waals surface area contributed by atoms with Crippen LogP contribution in [0, 0.1) is 13.8 Å². The van der Waals surface area contributed by atoms with Gasteiger partial charge in [0.25, 0.3) is 5.91 Å². The molecule has 0 fully saturated rings. The van der Waals surface area contributed by atoms with Crippen molar-refractivity contribution in [2.45, 2.75) is 26.8 Å². The molecule has 0 saturated carbocycles. The van der Waals surface area contributed by atoms with E-state index < -0.39 is 6.04 Å². The van der Waals surface area contributed by atoms with Crippen LogP contribution in [0.25, 0.3) is 0 Å². The minimum atomic E-state index is -0.695. The van der Waals surface area contributed by atoms with Crippen molar-refractivity contribution in [1.29, 1.82) is 0 Å². The summed E-state index contributed by atoms with van der Waals surface area (Å²) < 4.78 is 10.8. The number of allylic oxidation sites excluding steroid dienone is 1. The van der Waals surface area contributed by atoms with Crippen LogP contribution in [0.15, 0.2) is 47.7 Å². The number of anilines is 1. The first-order chi connectivity index (χ1) is 13.8. The van der Waals surface area contributed by atoms with Crippen LogP contribution in [0.2, 0.25) is 0 Å². The smallest absolute Gasteiger partial charge is 0.319 e. The molecule has 1 heterocycles. The Morgan fingerprint density at radius 2 is 1.79 bits per heavy atom. The molecule has 0 aliphatic carbocycles. The molecule has 3 N–H and O–H groups in total. The van der Waals surface area contributed by atoms with E-state index in [1.165, 1.54) is 0 Å². The van der Waals surface area contributed by atoms with Crippen molar-refractivity contribution in [3.8, 4) is 11.5 Å². The summed E-state index contributed by atoms with van der Waals surface area (Å²) in [6, 6.07) is 9.99. The lowest BCUT2D eigenvalue weighted by atomic mass is 9.93. The fourth-order valence-corrected chi connectivity index (χ4v) is 3.44. The van der Waals surface area contributed by atoms with E-state index in [-0.39, 0.29) is 11.9 Å². The van der Waals surface area contributed by atoms with Gasteiger partial charge in [0.1, 0.15) is 11.5 Å². The SMILES string of the molecule is COc1ccc(OC)c(C2NC(=O)NC(C)=C2C(=O)Nc2ccc(C)cc2C)c1. The molecule has 3 amide bonds. The number of hydrogen-bond donors (Lipinski definition) is 3. The van der Waals surface area contributed by atoms with Crippen molar-refractivity contribution >= 4 is 17.6 Å². The van der Waals surface area contributed by atoms with Crippen LogP contribution in [-0.2, 0) is 4.79 Å². The first-order valence-electron chi connectivity index (χ1n) is 9.23. The maximum absolute atomic E-state index is 13.2. The van der Waals surface area contributed by atoms with Gasteiger partial charge in [-0.1, -0.05) is 17.7 Å². The van der Waals surface area contributed by atoms with Crippen LogP contribution in [0.1, 0.15) is 29.7 Å². The van der Waals surface area contributed by atoms with Gasteiger partial charge < -0.3 is 25.4 Å². The highest BCUT2D eigenvalue weighted by Crippen LogP contribution is 2.36. The van der Waals surface area contributed by atoms with E-state index in [2.05, 4.69) is 16.0 Å². The minimum Gasteiger partial charge on any atom is -0.497 e. The fourth-order valence-electron chi connectivity index (χ4n) is 3.44. The maximum atomic E-state index is 13.2. The third kappa shape index (κ3) is 4.18. The number of nitrogens with one attached hydrogen (secondary N) is 3. The second-order valence-corrected chi connectivity index (χ2v) is 6.95. The molecule has 152 valence electrons. The largest absolute Gasteiger partial charge is 0.497 e. The molecule has 29 heavy (non-hydrogen) atoms. The normalized spacial score (nSPS) is 16.0. The quantitative estimate of drug-likeness (QED) is 0.722. The fraction of sp³-hybridized carbons (Fsp3) is 0.273. The Morgan fingerprint density at radius 1 is 1.03 bits per heavy atom. The summed E-state index contributed by atoms with van der Waals surface area (Å²) in [7, 11) is 3.10.